The monoisotopic (exact) mass is 294 g/mol. The summed E-state index contributed by atoms with van der Waals surface area (Å²) >= 11 is 10.9. The fraction of sp³-hybridized carbons (Fsp3) is 0.143. The molecule has 1 aromatic rings. The van der Waals surface area contributed by atoms with Gasteiger partial charge in [0.25, 0.3) is 0 Å². The fourth-order valence-corrected chi connectivity index (χ4v) is 1.78. The van der Waals surface area contributed by atoms with E-state index in [9.17, 15) is 21.6 Å². The average Bonchev–Trinajstić information content (AvgIpc) is 2.10. The van der Waals surface area contributed by atoms with Crippen LogP contribution in [0.3, 0.4) is 0 Å². The first-order valence-corrected chi connectivity index (χ1v) is 5.76. The lowest BCUT2D eigenvalue weighted by molar-refractivity contribution is -0.0499. The van der Waals surface area contributed by atoms with Crippen molar-refractivity contribution in [3.8, 4) is 5.75 Å². The number of hydrogen-bond acceptors (Lipinski definition) is 3. The summed E-state index contributed by atoms with van der Waals surface area (Å²) in [6.45, 7) is 0. The van der Waals surface area contributed by atoms with Crippen molar-refractivity contribution in [3.05, 3.63) is 28.2 Å². The topological polar surface area (TPSA) is 43.4 Å². The Labute approximate surface area is 98.8 Å². The lowest BCUT2D eigenvalue weighted by atomic mass is 10.3. The van der Waals surface area contributed by atoms with Crippen LogP contribution in [-0.4, -0.2) is 13.9 Å². The van der Waals surface area contributed by atoms with Gasteiger partial charge in [-0.05, 0) is 12.1 Å². The highest BCUT2D eigenvalue weighted by Gasteiger charge is 2.49. The molecule has 0 N–H and O–H groups in total. The third-order valence-corrected chi connectivity index (χ3v) is 2.94. The Kier molecular flexibility index (Phi) is 3.61. The van der Waals surface area contributed by atoms with Crippen LogP contribution in [0.1, 0.15) is 0 Å². The summed E-state index contributed by atoms with van der Waals surface area (Å²) in [5, 5.41) is -0.666. The molecule has 0 unspecified atom stereocenters. The van der Waals surface area contributed by atoms with Crippen molar-refractivity contribution in [1.82, 2.24) is 0 Å². The summed E-state index contributed by atoms with van der Waals surface area (Å²) in [6, 6.07) is 3.63. The molecule has 0 fully saturated rings. The Morgan fingerprint density at radius 3 is 1.94 bits per heavy atom. The highest BCUT2D eigenvalue weighted by molar-refractivity contribution is 7.88. The molecule has 90 valence electrons. The number of halogens is 5. The maximum atomic E-state index is 12.0. The summed E-state index contributed by atoms with van der Waals surface area (Å²) in [7, 11) is -5.76. The Balaban J connectivity index is 3.17. The molecule has 0 amide bonds. The van der Waals surface area contributed by atoms with Crippen LogP contribution in [-0.2, 0) is 10.1 Å². The number of benzene rings is 1. The molecule has 1 aromatic carbocycles. The minimum absolute atomic E-state index is 0.333. The van der Waals surface area contributed by atoms with Crippen LogP contribution in [0, 0.1) is 0 Å². The van der Waals surface area contributed by atoms with E-state index in [1.54, 1.807) is 0 Å². The summed E-state index contributed by atoms with van der Waals surface area (Å²) in [4.78, 5) is 0. The van der Waals surface area contributed by atoms with Crippen molar-refractivity contribution in [2.75, 3.05) is 0 Å². The number of alkyl halides is 3. The molecule has 0 saturated carbocycles. The molecule has 0 aliphatic rings. The van der Waals surface area contributed by atoms with E-state index in [2.05, 4.69) is 4.18 Å². The van der Waals surface area contributed by atoms with E-state index in [0.29, 0.717) is 0 Å². The van der Waals surface area contributed by atoms with Crippen molar-refractivity contribution < 1.29 is 25.8 Å². The van der Waals surface area contributed by atoms with Crippen LogP contribution in [0.25, 0.3) is 0 Å². The molecular weight excluding hydrogens is 292 g/mol. The van der Waals surface area contributed by atoms with E-state index < -0.39 is 21.4 Å². The van der Waals surface area contributed by atoms with Crippen LogP contribution in [0.5, 0.6) is 5.75 Å². The van der Waals surface area contributed by atoms with Gasteiger partial charge in [0, 0.05) is 0 Å². The molecule has 0 radical (unpaired) electrons. The van der Waals surface area contributed by atoms with Gasteiger partial charge in [0.1, 0.15) is 0 Å². The van der Waals surface area contributed by atoms with Crippen LogP contribution in [0.15, 0.2) is 18.2 Å². The van der Waals surface area contributed by atoms with E-state index in [1.165, 1.54) is 6.07 Å². The van der Waals surface area contributed by atoms with Crippen LogP contribution in [0.4, 0.5) is 13.2 Å². The lowest BCUT2D eigenvalue weighted by Crippen LogP contribution is -2.28. The molecule has 0 spiro atoms. The second-order valence-electron chi connectivity index (χ2n) is 2.53. The van der Waals surface area contributed by atoms with Gasteiger partial charge < -0.3 is 4.18 Å². The van der Waals surface area contributed by atoms with Gasteiger partial charge in [-0.3, -0.25) is 0 Å². The second-order valence-corrected chi connectivity index (χ2v) is 4.89. The van der Waals surface area contributed by atoms with Crippen molar-refractivity contribution in [3.63, 3.8) is 0 Å². The van der Waals surface area contributed by atoms with E-state index in [4.69, 9.17) is 23.2 Å². The van der Waals surface area contributed by atoms with Crippen LogP contribution in [0.2, 0.25) is 10.0 Å². The zero-order valence-electron chi connectivity index (χ0n) is 7.25. The third-order valence-electron chi connectivity index (χ3n) is 1.40. The third kappa shape index (κ3) is 2.72. The van der Waals surface area contributed by atoms with Crippen LogP contribution < -0.4 is 4.18 Å². The fourth-order valence-electron chi connectivity index (χ4n) is 0.719. The standard InChI is InChI=1S/C7H3Cl2F3O3S/c8-4-2-1-3-5(9)6(4)15-16(13,14)7(10,11)12/h1-3H. The number of para-hydroxylation sites is 1. The summed E-state index contributed by atoms with van der Waals surface area (Å²) in [6.07, 6.45) is 0. The predicted molar refractivity (Wildman–Crippen MR) is 52.1 cm³/mol. The Morgan fingerprint density at radius 2 is 1.56 bits per heavy atom. The van der Waals surface area contributed by atoms with Gasteiger partial charge in [-0.1, -0.05) is 29.3 Å². The first kappa shape index (κ1) is 13.4. The molecule has 0 aliphatic carbocycles. The summed E-state index contributed by atoms with van der Waals surface area (Å²) in [5.41, 5.74) is -5.53. The molecule has 0 bridgehead atoms. The largest absolute Gasteiger partial charge is 0.534 e. The first-order valence-electron chi connectivity index (χ1n) is 3.60. The van der Waals surface area contributed by atoms with Gasteiger partial charge >= 0.3 is 15.6 Å². The molecular formula is C7H3Cl2F3O3S. The molecule has 1 rings (SSSR count). The van der Waals surface area contributed by atoms with Crippen molar-refractivity contribution in [2.45, 2.75) is 5.51 Å². The van der Waals surface area contributed by atoms with Crippen LogP contribution >= 0.6 is 23.2 Å². The van der Waals surface area contributed by atoms with Crippen molar-refractivity contribution in [2.24, 2.45) is 0 Å². The van der Waals surface area contributed by atoms with Gasteiger partial charge in [0.05, 0.1) is 10.0 Å². The molecule has 3 nitrogen and oxygen atoms in total. The predicted octanol–water partition coefficient (Wildman–Crippen LogP) is 3.22. The molecule has 9 heteroatoms. The molecule has 0 heterocycles. The Morgan fingerprint density at radius 1 is 1.12 bits per heavy atom. The maximum absolute atomic E-state index is 12.0. The minimum Gasteiger partial charge on any atom is -0.373 e. The highest BCUT2D eigenvalue weighted by atomic mass is 35.5. The summed E-state index contributed by atoms with van der Waals surface area (Å²) < 4.78 is 61.1. The van der Waals surface area contributed by atoms with Crippen molar-refractivity contribution in [1.29, 1.82) is 0 Å². The average molecular weight is 295 g/mol. The van der Waals surface area contributed by atoms with Gasteiger partial charge in [-0.25, -0.2) is 0 Å². The molecule has 16 heavy (non-hydrogen) atoms. The quantitative estimate of drug-likeness (QED) is 0.621. The summed E-state index contributed by atoms with van der Waals surface area (Å²) in [5.74, 6) is -0.747. The molecule has 0 aliphatic heterocycles. The molecule has 0 saturated heterocycles. The Bertz CT molecular complexity index is 478. The van der Waals surface area contributed by atoms with Gasteiger partial charge in [0.2, 0.25) is 0 Å². The second kappa shape index (κ2) is 4.31. The van der Waals surface area contributed by atoms with E-state index in [-0.39, 0.29) is 10.0 Å². The number of rotatable bonds is 2. The highest BCUT2D eigenvalue weighted by Crippen LogP contribution is 2.36. The smallest absolute Gasteiger partial charge is 0.373 e. The lowest BCUT2D eigenvalue weighted by Gasteiger charge is -2.11. The number of hydrogen-bond donors (Lipinski definition) is 0. The zero-order chi connectivity index (χ0) is 12.6. The molecule has 0 aromatic heterocycles. The normalized spacial score (nSPS) is 12.6. The van der Waals surface area contributed by atoms with E-state index in [1.807, 2.05) is 0 Å². The maximum Gasteiger partial charge on any atom is 0.534 e. The van der Waals surface area contributed by atoms with Gasteiger partial charge in [0.15, 0.2) is 5.75 Å². The first-order chi connectivity index (χ1) is 7.15. The minimum atomic E-state index is -5.76. The zero-order valence-corrected chi connectivity index (χ0v) is 9.58. The Hall–Kier alpha value is -0.660. The molecule has 0 atom stereocenters. The van der Waals surface area contributed by atoms with Crippen molar-refractivity contribution >= 4 is 33.3 Å². The van der Waals surface area contributed by atoms with Gasteiger partial charge in [-0.15, -0.1) is 0 Å². The van der Waals surface area contributed by atoms with E-state index in [0.717, 1.165) is 12.1 Å². The SMILES string of the molecule is O=S(=O)(Oc1c(Cl)cccc1Cl)C(F)(F)F. The van der Waals surface area contributed by atoms with Gasteiger partial charge in [-0.2, -0.15) is 21.6 Å². The van der Waals surface area contributed by atoms with E-state index >= 15 is 0 Å².